The third-order valence-electron chi connectivity index (χ3n) is 8.07. The fraction of sp³-hybridized carbons (Fsp3) is 0.344. The predicted molar refractivity (Wildman–Crippen MR) is 168 cm³/mol. The highest BCUT2D eigenvalue weighted by atomic mass is 35.5. The highest BCUT2D eigenvalue weighted by Crippen LogP contribution is 2.54. The maximum absolute atomic E-state index is 14.0. The molecule has 13 heteroatoms. The van der Waals surface area contributed by atoms with Gasteiger partial charge in [0.25, 0.3) is 0 Å². The molecular formula is C32H32ClF3N8O. The molecule has 2 aromatic carbocycles. The molecule has 0 bridgehead atoms. The number of fused-ring (bicyclic) bond motifs is 2. The molecule has 4 aromatic rings. The Labute approximate surface area is 263 Å². The zero-order chi connectivity index (χ0) is 32.1. The summed E-state index contributed by atoms with van der Waals surface area (Å²) in [7, 11) is 1.53. The number of nitrogens with zero attached hydrogens (tertiary/aromatic N) is 4. The minimum absolute atomic E-state index is 0.0109. The molecule has 2 aromatic heterocycles. The number of aromatic nitrogens is 2. The average Bonchev–Trinajstić information content (AvgIpc) is 3.69. The molecule has 0 unspecified atom stereocenters. The zero-order valence-corrected chi connectivity index (χ0v) is 25.9. The zero-order valence-electron chi connectivity index (χ0n) is 25.1. The van der Waals surface area contributed by atoms with Crippen molar-refractivity contribution >= 4 is 44.7 Å². The number of hydrogen-bond donors (Lipinski definition) is 4. The van der Waals surface area contributed by atoms with Crippen LogP contribution in [0.2, 0.25) is 5.02 Å². The lowest BCUT2D eigenvalue weighted by atomic mass is 9.96. The number of halogens is 4. The number of benzene rings is 2. The van der Waals surface area contributed by atoms with Crippen LogP contribution >= 0.6 is 11.6 Å². The second kappa shape index (κ2) is 11.2. The van der Waals surface area contributed by atoms with E-state index in [-0.39, 0.29) is 18.3 Å². The van der Waals surface area contributed by atoms with E-state index in [2.05, 4.69) is 58.4 Å². The Kier molecular flexibility index (Phi) is 7.57. The first-order valence-electron chi connectivity index (χ1n) is 14.4. The number of hydrazine groups is 2. The van der Waals surface area contributed by atoms with Gasteiger partial charge in [0.1, 0.15) is 6.07 Å². The van der Waals surface area contributed by atoms with Gasteiger partial charge in [-0.05, 0) is 53.5 Å². The topological polar surface area (TPSA) is 110 Å². The lowest BCUT2D eigenvalue weighted by Crippen LogP contribution is -2.52. The van der Waals surface area contributed by atoms with E-state index < -0.39 is 17.8 Å². The van der Waals surface area contributed by atoms with Gasteiger partial charge in [-0.3, -0.25) is 9.99 Å². The van der Waals surface area contributed by atoms with Crippen molar-refractivity contribution < 1.29 is 17.9 Å². The Morgan fingerprint density at radius 3 is 2.58 bits per heavy atom. The van der Waals surface area contributed by atoms with Crippen molar-refractivity contribution in [3.05, 3.63) is 76.8 Å². The minimum Gasteiger partial charge on any atom is -0.481 e. The maximum Gasteiger partial charge on any atom is 0.413 e. The molecule has 0 spiro atoms. The average molecular weight is 637 g/mol. The van der Waals surface area contributed by atoms with Crippen LogP contribution in [-0.2, 0) is 0 Å². The number of nitriles is 1. The molecule has 1 aliphatic carbocycles. The Hall–Kier alpha value is -4.47. The van der Waals surface area contributed by atoms with Crippen LogP contribution in [0.15, 0.2) is 60.7 Å². The number of nitrogens with one attached hydrogen (secondary N) is 4. The normalized spacial score (nSPS) is 16.6. The predicted octanol–water partition coefficient (Wildman–Crippen LogP) is 7.19. The molecule has 9 nitrogen and oxygen atoms in total. The molecule has 0 saturated heterocycles. The van der Waals surface area contributed by atoms with Crippen molar-refractivity contribution in [2.75, 3.05) is 24.3 Å². The second-order valence-electron chi connectivity index (χ2n) is 12.5. The van der Waals surface area contributed by atoms with Gasteiger partial charge in [0, 0.05) is 41.6 Å². The fourth-order valence-corrected chi connectivity index (χ4v) is 5.83. The van der Waals surface area contributed by atoms with Crippen LogP contribution in [-0.4, -0.2) is 40.3 Å². The summed E-state index contributed by atoms with van der Waals surface area (Å²) in [6.45, 7) is 6.83. The number of methoxy groups -OCH3 is 1. The van der Waals surface area contributed by atoms with E-state index in [0.29, 0.717) is 51.0 Å². The molecule has 0 amide bonds. The fourth-order valence-electron chi connectivity index (χ4n) is 5.57. The van der Waals surface area contributed by atoms with Crippen LogP contribution in [0.3, 0.4) is 0 Å². The van der Waals surface area contributed by atoms with Crippen LogP contribution in [0.1, 0.15) is 50.8 Å². The van der Waals surface area contributed by atoms with Gasteiger partial charge in [0.15, 0.2) is 5.54 Å². The molecule has 1 saturated carbocycles. The molecule has 2 aliphatic rings. The van der Waals surface area contributed by atoms with E-state index in [9.17, 15) is 18.4 Å². The smallest absolute Gasteiger partial charge is 0.413 e. The highest BCUT2D eigenvalue weighted by molar-refractivity contribution is 6.35. The van der Waals surface area contributed by atoms with Crippen molar-refractivity contribution in [1.29, 1.82) is 5.26 Å². The SMILES string of the molecule is COc1nccc2c([C@H](Nc3cc(Cl)c4ncc(C#N)c(NCC(C)(C)C)c4c3)C3=CN(C4(C(F)(F)F)CC4)NN3)cccc12. The lowest BCUT2D eigenvalue weighted by molar-refractivity contribution is -0.195. The summed E-state index contributed by atoms with van der Waals surface area (Å²) in [5, 5.41) is 20.4. The third-order valence-corrected chi connectivity index (χ3v) is 8.36. The molecule has 0 radical (unpaired) electrons. The van der Waals surface area contributed by atoms with E-state index in [1.807, 2.05) is 30.3 Å². The summed E-state index contributed by atoms with van der Waals surface area (Å²) < 4.78 is 47.6. The van der Waals surface area contributed by atoms with Gasteiger partial charge in [-0.2, -0.15) is 18.4 Å². The number of alkyl halides is 3. The number of ether oxygens (including phenoxy) is 1. The van der Waals surface area contributed by atoms with E-state index in [4.69, 9.17) is 16.3 Å². The quantitative estimate of drug-likeness (QED) is 0.160. The van der Waals surface area contributed by atoms with Crippen molar-refractivity contribution in [2.24, 2.45) is 5.41 Å². The summed E-state index contributed by atoms with van der Waals surface area (Å²) in [6.07, 6.45) is 0.147. The van der Waals surface area contributed by atoms with E-state index >= 15 is 0 Å². The Morgan fingerprint density at radius 1 is 1.13 bits per heavy atom. The van der Waals surface area contributed by atoms with Gasteiger partial charge in [-0.15, -0.1) is 5.53 Å². The number of pyridine rings is 2. The maximum atomic E-state index is 14.0. The standard InChI is InChI=1S/C32H32ClF3N8O/c1-30(2,3)17-40-26-18(14-37)15-39-27-23(26)12-19(13-24(27)33)41-28(21-6-5-7-22-20(21)8-11-38-29(22)45-4)25-16-44(43-42-25)31(9-10-31)32(34,35)36/h5-8,11-13,15-16,28,41-43H,9-10,17H2,1-4H3,(H,39,40)/t28-/m0/s1. The van der Waals surface area contributed by atoms with Crippen LogP contribution < -0.4 is 26.3 Å². The van der Waals surface area contributed by atoms with Gasteiger partial charge in [0.05, 0.1) is 40.6 Å². The van der Waals surface area contributed by atoms with Crippen LogP contribution in [0.4, 0.5) is 24.5 Å². The van der Waals surface area contributed by atoms with Crippen molar-refractivity contribution in [3.63, 3.8) is 0 Å². The first-order valence-corrected chi connectivity index (χ1v) is 14.8. The second-order valence-corrected chi connectivity index (χ2v) is 12.9. The van der Waals surface area contributed by atoms with Crippen molar-refractivity contribution in [1.82, 2.24) is 25.9 Å². The number of anilines is 2. The molecule has 3 heterocycles. The highest BCUT2D eigenvalue weighted by Gasteiger charge is 2.67. The van der Waals surface area contributed by atoms with Crippen LogP contribution in [0.5, 0.6) is 5.88 Å². The summed E-state index contributed by atoms with van der Waals surface area (Å²) in [5.74, 6) is 0.425. The molecule has 45 heavy (non-hydrogen) atoms. The molecular weight excluding hydrogens is 605 g/mol. The largest absolute Gasteiger partial charge is 0.481 e. The monoisotopic (exact) mass is 636 g/mol. The molecule has 6 rings (SSSR count). The lowest BCUT2D eigenvalue weighted by Gasteiger charge is -2.28. The Bertz CT molecular complexity index is 1860. The molecule has 1 aliphatic heterocycles. The molecule has 234 valence electrons. The third kappa shape index (κ3) is 5.62. The van der Waals surface area contributed by atoms with Gasteiger partial charge in [-0.1, -0.05) is 44.5 Å². The molecule has 4 N–H and O–H groups in total. The van der Waals surface area contributed by atoms with Crippen molar-refractivity contribution in [3.8, 4) is 11.9 Å². The summed E-state index contributed by atoms with van der Waals surface area (Å²) in [6, 6.07) is 12.6. The number of rotatable bonds is 8. The van der Waals surface area contributed by atoms with Gasteiger partial charge in [0.2, 0.25) is 5.88 Å². The molecule has 1 atom stereocenters. The van der Waals surface area contributed by atoms with Crippen molar-refractivity contribution in [2.45, 2.75) is 51.4 Å². The first kappa shape index (κ1) is 30.6. The van der Waals surface area contributed by atoms with Gasteiger partial charge in [-0.25, -0.2) is 4.98 Å². The van der Waals surface area contributed by atoms with E-state index in [1.54, 1.807) is 12.3 Å². The van der Waals surface area contributed by atoms with Gasteiger partial charge >= 0.3 is 6.18 Å². The summed E-state index contributed by atoms with van der Waals surface area (Å²) >= 11 is 6.77. The van der Waals surface area contributed by atoms with E-state index in [0.717, 1.165) is 21.3 Å². The number of hydrogen-bond acceptors (Lipinski definition) is 9. The first-order chi connectivity index (χ1) is 21.3. The Balaban J connectivity index is 1.48. The summed E-state index contributed by atoms with van der Waals surface area (Å²) in [5.41, 5.74) is 6.94. The minimum atomic E-state index is -4.41. The van der Waals surface area contributed by atoms with Crippen LogP contribution in [0.25, 0.3) is 21.7 Å². The Morgan fingerprint density at radius 2 is 1.91 bits per heavy atom. The van der Waals surface area contributed by atoms with E-state index in [1.165, 1.54) is 19.5 Å². The van der Waals surface area contributed by atoms with Crippen LogP contribution in [0, 0.1) is 16.7 Å². The molecule has 1 fully saturated rings. The van der Waals surface area contributed by atoms with Gasteiger partial charge < -0.3 is 20.8 Å². The summed E-state index contributed by atoms with van der Waals surface area (Å²) in [4.78, 5) is 8.77.